The maximum atomic E-state index is 12.0. The van der Waals surface area contributed by atoms with Crippen molar-refractivity contribution in [3.05, 3.63) is 58.4 Å². The number of nitrogens with zero attached hydrogens (tertiary/aromatic N) is 1. The highest BCUT2D eigenvalue weighted by molar-refractivity contribution is 5.89. The van der Waals surface area contributed by atoms with Crippen LogP contribution in [0.1, 0.15) is 17.3 Å². The number of hydrogen-bond donors (Lipinski definition) is 6. The average Bonchev–Trinajstić information content (AvgIpc) is 2.70. The van der Waals surface area contributed by atoms with Gasteiger partial charge >= 0.3 is 5.97 Å². The summed E-state index contributed by atoms with van der Waals surface area (Å²) in [6.07, 6.45) is 0. The van der Waals surface area contributed by atoms with Gasteiger partial charge in [0.2, 0.25) is 0 Å². The third-order valence-electron chi connectivity index (χ3n) is 4.20. The summed E-state index contributed by atoms with van der Waals surface area (Å²) in [5.41, 5.74) is 10.8. The van der Waals surface area contributed by atoms with E-state index in [4.69, 9.17) is 16.7 Å². The quantitative estimate of drug-likeness (QED) is 0.280. The molecule has 9 heteroatoms. The number of rotatable bonds is 6. The van der Waals surface area contributed by atoms with E-state index in [2.05, 4.69) is 20.7 Å². The number of carboxylic acids is 1. The normalized spacial score (nSPS) is 10.5. The minimum Gasteiger partial charge on any atom is -0.478 e. The second kappa shape index (κ2) is 7.80. The number of nitrogens with one attached hydrogen (secondary N) is 3. The van der Waals surface area contributed by atoms with E-state index in [9.17, 15) is 9.59 Å². The minimum atomic E-state index is -0.975. The fourth-order valence-corrected chi connectivity index (χ4v) is 2.80. The van der Waals surface area contributed by atoms with Crippen LogP contribution in [0, 0.1) is 0 Å². The van der Waals surface area contributed by atoms with Crippen molar-refractivity contribution in [2.75, 3.05) is 23.0 Å². The average molecular weight is 380 g/mol. The van der Waals surface area contributed by atoms with Gasteiger partial charge in [-0.15, -0.1) is 0 Å². The van der Waals surface area contributed by atoms with E-state index >= 15 is 0 Å². The second-order valence-electron chi connectivity index (χ2n) is 5.99. The fraction of sp³-hybridized carbons (Fsp3) is 0.105. The number of aromatic carboxylic acids is 1. The number of anilines is 3. The maximum absolute atomic E-state index is 12.0. The number of benzene rings is 2. The van der Waals surface area contributed by atoms with E-state index in [0.29, 0.717) is 17.9 Å². The minimum absolute atomic E-state index is 0.0895. The van der Waals surface area contributed by atoms with Crippen LogP contribution in [0.25, 0.3) is 22.5 Å². The number of aromatic nitrogens is 2. The third-order valence-corrected chi connectivity index (χ3v) is 4.20. The molecule has 0 unspecified atom stereocenters. The Balaban J connectivity index is 2.08. The van der Waals surface area contributed by atoms with Gasteiger partial charge in [-0.05, 0) is 30.7 Å². The summed E-state index contributed by atoms with van der Waals surface area (Å²) in [5.74, 6) is 4.82. The van der Waals surface area contributed by atoms with Crippen molar-refractivity contribution in [3.63, 3.8) is 0 Å². The van der Waals surface area contributed by atoms with Crippen molar-refractivity contribution in [1.29, 1.82) is 0 Å². The molecule has 2 aromatic carbocycles. The van der Waals surface area contributed by atoms with Crippen LogP contribution in [0.3, 0.4) is 0 Å². The van der Waals surface area contributed by atoms with Crippen molar-refractivity contribution in [1.82, 2.24) is 9.97 Å². The summed E-state index contributed by atoms with van der Waals surface area (Å²) >= 11 is 0. The molecule has 0 aliphatic rings. The molecule has 0 fully saturated rings. The summed E-state index contributed by atoms with van der Waals surface area (Å²) in [6.45, 7) is 2.63. The molecular weight excluding hydrogens is 360 g/mol. The van der Waals surface area contributed by atoms with Gasteiger partial charge in [0, 0.05) is 23.4 Å². The van der Waals surface area contributed by atoms with Gasteiger partial charge in [-0.25, -0.2) is 15.6 Å². The molecule has 3 rings (SSSR count). The van der Waals surface area contributed by atoms with Gasteiger partial charge in [-0.2, -0.15) is 0 Å². The molecule has 8 N–H and O–H groups in total. The number of hydrogen-bond acceptors (Lipinski definition) is 7. The zero-order valence-electron chi connectivity index (χ0n) is 15.1. The molecule has 0 amide bonds. The zero-order valence-corrected chi connectivity index (χ0v) is 15.1. The first-order valence-corrected chi connectivity index (χ1v) is 8.53. The smallest absolute Gasteiger partial charge is 0.335 e. The lowest BCUT2D eigenvalue weighted by atomic mass is 9.99. The van der Waals surface area contributed by atoms with Crippen LogP contribution in [0.2, 0.25) is 0 Å². The standard InChI is InChI=1S/C19H20N6O3/c1-2-22-14-9-12(16-23-17(25-21)15(20)18(26)24-16)7-8-13(14)10-3-5-11(6-4-10)19(27)28/h3-9,22H,2,20-21H2,1H3,(H,27,28)(H2,23,24,25,26). The SMILES string of the molecule is CCNc1cc(-c2nc(NN)c(N)c(=O)[nH]2)ccc1-c1ccc(C(=O)O)cc1. The van der Waals surface area contributed by atoms with Crippen LogP contribution >= 0.6 is 0 Å². The molecule has 0 saturated heterocycles. The van der Waals surface area contributed by atoms with Crippen LogP contribution in [0.5, 0.6) is 0 Å². The van der Waals surface area contributed by atoms with Crippen LogP contribution in [-0.2, 0) is 0 Å². The summed E-state index contributed by atoms with van der Waals surface area (Å²) in [4.78, 5) is 29.9. The molecule has 0 aliphatic carbocycles. The van der Waals surface area contributed by atoms with Gasteiger partial charge in [-0.1, -0.05) is 24.3 Å². The molecule has 144 valence electrons. The van der Waals surface area contributed by atoms with Crippen LogP contribution in [0.15, 0.2) is 47.3 Å². The van der Waals surface area contributed by atoms with Crippen molar-refractivity contribution >= 4 is 23.2 Å². The van der Waals surface area contributed by atoms with Crippen LogP contribution < -0.4 is 27.9 Å². The van der Waals surface area contributed by atoms with Gasteiger partial charge in [0.15, 0.2) is 5.82 Å². The summed E-state index contributed by atoms with van der Waals surface area (Å²) < 4.78 is 0. The molecule has 0 saturated carbocycles. The Bertz CT molecular complexity index is 1080. The first-order valence-electron chi connectivity index (χ1n) is 8.53. The largest absolute Gasteiger partial charge is 0.478 e. The molecule has 1 aromatic heterocycles. The Hall–Kier alpha value is -3.85. The van der Waals surface area contributed by atoms with E-state index in [1.807, 2.05) is 19.1 Å². The highest BCUT2D eigenvalue weighted by atomic mass is 16.4. The molecule has 3 aromatic rings. The van der Waals surface area contributed by atoms with Gasteiger partial charge in [0.25, 0.3) is 5.56 Å². The van der Waals surface area contributed by atoms with Crippen molar-refractivity contribution in [2.45, 2.75) is 6.92 Å². The summed E-state index contributed by atoms with van der Waals surface area (Å²) in [5, 5.41) is 12.3. The van der Waals surface area contributed by atoms with E-state index < -0.39 is 11.5 Å². The van der Waals surface area contributed by atoms with Crippen molar-refractivity contribution in [3.8, 4) is 22.5 Å². The van der Waals surface area contributed by atoms with Gasteiger partial charge in [-0.3, -0.25) is 4.79 Å². The third kappa shape index (κ3) is 3.64. The topological polar surface area (TPSA) is 159 Å². The van der Waals surface area contributed by atoms with E-state index in [1.54, 1.807) is 30.3 Å². The molecule has 0 aliphatic heterocycles. The predicted octanol–water partition coefficient (Wildman–Crippen LogP) is 2.10. The summed E-state index contributed by atoms with van der Waals surface area (Å²) in [6, 6.07) is 12.1. The maximum Gasteiger partial charge on any atom is 0.335 e. The Morgan fingerprint density at radius 3 is 2.46 bits per heavy atom. The lowest BCUT2D eigenvalue weighted by Crippen LogP contribution is -2.20. The lowest BCUT2D eigenvalue weighted by Gasteiger charge is -2.14. The molecule has 0 bridgehead atoms. The molecule has 28 heavy (non-hydrogen) atoms. The van der Waals surface area contributed by atoms with E-state index in [0.717, 1.165) is 16.8 Å². The van der Waals surface area contributed by atoms with Crippen LogP contribution in [0.4, 0.5) is 17.2 Å². The highest BCUT2D eigenvalue weighted by Gasteiger charge is 2.12. The number of nitrogen functional groups attached to an aromatic ring is 2. The number of H-pyrrole nitrogens is 1. The number of aromatic amines is 1. The number of nitrogens with two attached hydrogens (primary N) is 2. The van der Waals surface area contributed by atoms with Crippen molar-refractivity contribution in [2.24, 2.45) is 5.84 Å². The predicted molar refractivity (Wildman–Crippen MR) is 109 cm³/mol. The number of hydrazine groups is 1. The number of carbonyl (C=O) groups is 1. The Morgan fingerprint density at radius 2 is 1.86 bits per heavy atom. The monoisotopic (exact) mass is 380 g/mol. The van der Waals surface area contributed by atoms with Gasteiger partial charge in [0.1, 0.15) is 11.5 Å². The summed E-state index contributed by atoms with van der Waals surface area (Å²) in [7, 11) is 0. The molecule has 1 heterocycles. The fourth-order valence-electron chi connectivity index (χ4n) is 2.80. The van der Waals surface area contributed by atoms with Gasteiger partial charge in [0.05, 0.1) is 5.56 Å². The Kier molecular flexibility index (Phi) is 5.28. The number of carboxylic acid groups (broad SMARTS) is 1. The molecule has 0 atom stereocenters. The van der Waals surface area contributed by atoms with Gasteiger partial charge < -0.3 is 26.6 Å². The first-order chi connectivity index (χ1) is 13.4. The molecule has 9 nitrogen and oxygen atoms in total. The first kappa shape index (κ1) is 18.9. The second-order valence-corrected chi connectivity index (χ2v) is 5.99. The van der Waals surface area contributed by atoms with E-state index in [-0.39, 0.29) is 17.1 Å². The van der Waals surface area contributed by atoms with Crippen LogP contribution in [-0.4, -0.2) is 27.6 Å². The van der Waals surface area contributed by atoms with Crippen molar-refractivity contribution < 1.29 is 9.90 Å². The molecular formula is C19H20N6O3. The molecule has 0 spiro atoms. The Labute approximate surface area is 160 Å². The Morgan fingerprint density at radius 1 is 1.18 bits per heavy atom. The molecule has 0 radical (unpaired) electrons. The zero-order chi connectivity index (χ0) is 20.3. The highest BCUT2D eigenvalue weighted by Crippen LogP contribution is 2.32. The van der Waals surface area contributed by atoms with E-state index in [1.165, 1.54) is 0 Å². The lowest BCUT2D eigenvalue weighted by molar-refractivity contribution is 0.0697.